The maximum atomic E-state index is 11.8. The molecule has 2 heterocycles. The van der Waals surface area contributed by atoms with Gasteiger partial charge in [-0.3, -0.25) is 4.79 Å². The van der Waals surface area contributed by atoms with E-state index in [1.165, 1.54) is 0 Å². The van der Waals surface area contributed by atoms with Gasteiger partial charge in [-0.25, -0.2) is 0 Å². The summed E-state index contributed by atoms with van der Waals surface area (Å²) in [6.45, 7) is 6.93. The lowest BCUT2D eigenvalue weighted by atomic mass is 10.0. The first-order valence-electron chi connectivity index (χ1n) is 5.58. The van der Waals surface area contributed by atoms with E-state index >= 15 is 0 Å². The Hall–Kier alpha value is -0.610. The maximum absolute atomic E-state index is 11.8. The fourth-order valence-corrected chi connectivity index (χ4v) is 2.78. The van der Waals surface area contributed by atoms with Crippen LogP contribution in [0.25, 0.3) is 0 Å². The maximum Gasteiger partial charge on any atom is 0.253 e. The Morgan fingerprint density at radius 1 is 1.20 bits per heavy atom. The summed E-state index contributed by atoms with van der Waals surface area (Å²) in [4.78, 5) is 16.0. The van der Waals surface area contributed by atoms with Crippen LogP contribution in [0, 0.1) is 11.8 Å². The molecule has 0 aliphatic carbocycles. The number of rotatable bonds is 1. The van der Waals surface area contributed by atoms with Crippen molar-refractivity contribution < 1.29 is 9.90 Å². The Balaban J connectivity index is 1.98. The summed E-state index contributed by atoms with van der Waals surface area (Å²) < 4.78 is 0. The van der Waals surface area contributed by atoms with Crippen LogP contribution in [-0.2, 0) is 4.79 Å². The zero-order valence-corrected chi connectivity index (χ0v) is 9.73. The smallest absolute Gasteiger partial charge is 0.253 e. The number of nitrogens with zero attached hydrogens (tertiary/aromatic N) is 2. The number of carbonyl (C=O) groups excluding carboxylic acids is 1. The van der Waals surface area contributed by atoms with E-state index in [2.05, 4.69) is 11.9 Å². The quantitative estimate of drug-likeness (QED) is 0.653. The fourth-order valence-electron chi connectivity index (χ4n) is 2.78. The highest BCUT2D eigenvalue weighted by Gasteiger charge is 2.42. The lowest BCUT2D eigenvalue weighted by Gasteiger charge is -2.26. The van der Waals surface area contributed by atoms with Crippen LogP contribution in [0.5, 0.6) is 0 Å². The van der Waals surface area contributed by atoms with Gasteiger partial charge in [0.25, 0.3) is 5.91 Å². The number of hydrogen-bond acceptors (Lipinski definition) is 3. The molecule has 4 heteroatoms. The van der Waals surface area contributed by atoms with E-state index < -0.39 is 5.60 Å². The van der Waals surface area contributed by atoms with Crippen LogP contribution >= 0.6 is 0 Å². The minimum absolute atomic E-state index is 0.125. The normalized spacial score (nSPS) is 32.1. The van der Waals surface area contributed by atoms with Crippen LogP contribution in [0.2, 0.25) is 0 Å². The number of carbonyl (C=O) groups is 1. The molecule has 1 N–H and O–H groups in total. The van der Waals surface area contributed by atoms with Gasteiger partial charge in [0.2, 0.25) is 0 Å². The van der Waals surface area contributed by atoms with Crippen LogP contribution in [0.4, 0.5) is 0 Å². The van der Waals surface area contributed by atoms with E-state index in [1.54, 1.807) is 13.8 Å². The molecule has 2 atom stereocenters. The topological polar surface area (TPSA) is 43.8 Å². The summed E-state index contributed by atoms with van der Waals surface area (Å²) in [7, 11) is 2.13. The number of fused-ring (bicyclic) bond motifs is 1. The number of aliphatic hydroxyl groups is 1. The summed E-state index contributed by atoms with van der Waals surface area (Å²) in [6.07, 6.45) is 0. The molecule has 2 unspecified atom stereocenters. The molecule has 0 saturated carbocycles. The van der Waals surface area contributed by atoms with Crippen molar-refractivity contribution in [2.75, 3.05) is 33.2 Å². The first kappa shape index (κ1) is 10.9. The molecule has 0 bridgehead atoms. The molecular formula is C11H20N2O2. The molecule has 2 aliphatic heterocycles. The molecule has 2 aliphatic rings. The summed E-state index contributed by atoms with van der Waals surface area (Å²) >= 11 is 0. The van der Waals surface area contributed by atoms with Crippen molar-refractivity contribution in [2.45, 2.75) is 19.4 Å². The number of amides is 1. The zero-order valence-electron chi connectivity index (χ0n) is 9.73. The molecule has 15 heavy (non-hydrogen) atoms. The number of likely N-dealkylation sites (tertiary alicyclic amines) is 2. The molecule has 0 radical (unpaired) electrons. The van der Waals surface area contributed by atoms with Gasteiger partial charge in [-0.15, -0.1) is 0 Å². The predicted molar refractivity (Wildman–Crippen MR) is 57.4 cm³/mol. The van der Waals surface area contributed by atoms with E-state index in [4.69, 9.17) is 0 Å². The standard InChI is InChI=1S/C11H20N2O2/c1-11(2,15)10(14)13-6-8-4-12(3)5-9(8)7-13/h8-9,15H,4-7H2,1-3H3. The average molecular weight is 212 g/mol. The summed E-state index contributed by atoms with van der Waals surface area (Å²) in [5.41, 5.74) is -1.22. The lowest BCUT2D eigenvalue weighted by Crippen LogP contribution is -2.45. The van der Waals surface area contributed by atoms with E-state index in [1.807, 2.05) is 4.90 Å². The SMILES string of the molecule is CN1CC2CN(C(=O)C(C)(C)O)CC2C1. The highest BCUT2D eigenvalue weighted by atomic mass is 16.3. The Morgan fingerprint density at radius 2 is 1.67 bits per heavy atom. The van der Waals surface area contributed by atoms with E-state index in [-0.39, 0.29) is 5.91 Å². The monoisotopic (exact) mass is 212 g/mol. The third kappa shape index (κ3) is 2.01. The zero-order chi connectivity index (χ0) is 11.2. The van der Waals surface area contributed by atoms with Gasteiger partial charge in [0.15, 0.2) is 0 Å². The first-order valence-corrected chi connectivity index (χ1v) is 5.58. The number of hydrogen-bond donors (Lipinski definition) is 1. The lowest BCUT2D eigenvalue weighted by molar-refractivity contribution is -0.147. The first-order chi connectivity index (χ1) is 6.88. The second-order valence-electron chi connectivity index (χ2n) is 5.51. The van der Waals surface area contributed by atoms with Crippen molar-refractivity contribution >= 4 is 5.91 Å². The predicted octanol–water partition coefficient (Wildman–Crippen LogP) is -0.223. The third-order valence-electron chi connectivity index (χ3n) is 3.48. The van der Waals surface area contributed by atoms with Crippen LogP contribution in [0.15, 0.2) is 0 Å². The van der Waals surface area contributed by atoms with E-state index in [9.17, 15) is 9.90 Å². The molecule has 0 aromatic rings. The minimum atomic E-state index is -1.22. The second-order valence-corrected chi connectivity index (χ2v) is 5.51. The van der Waals surface area contributed by atoms with Gasteiger partial charge in [-0.1, -0.05) is 0 Å². The third-order valence-corrected chi connectivity index (χ3v) is 3.48. The summed E-state index contributed by atoms with van der Waals surface area (Å²) in [6, 6.07) is 0. The highest BCUT2D eigenvalue weighted by molar-refractivity contribution is 5.84. The Morgan fingerprint density at radius 3 is 2.07 bits per heavy atom. The van der Waals surface area contributed by atoms with E-state index in [0.29, 0.717) is 11.8 Å². The van der Waals surface area contributed by atoms with Crippen molar-refractivity contribution in [1.82, 2.24) is 9.80 Å². The molecule has 0 aromatic heterocycles. The molecule has 86 valence electrons. The van der Waals surface area contributed by atoms with Gasteiger partial charge in [0.1, 0.15) is 5.60 Å². The Bertz CT molecular complexity index is 258. The molecular weight excluding hydrogens is 192 g/mol. The summed E-state index contributed by atoms with van der Waals surface area (Å²) in [5.74, 6) is 1.10. The van der Waals surface area contributed by atoms with Gasteiger partial charge >= 0.3 is 0 Å². The Labute approximate surface area is 90.9 Å². The van der Waals surface area contributed by atoms with Gasteiger partial charge < -0.3 is 14.9 Å². The van der Waals surface area contributed by atoms with Crippen molar-refractivity contribution in [1.29, 1.82) is 0 Å². The van der Waals surface area contributed by atoms with Crippen LogP contribution in [0.3, 0.4) is 0 Å². The summed E-state index contributed by atoms with van der Waals surface area (Å²) in [5, 5.41) is 9.66. The van der Waals surface area contributed by atoms with Crippen LogP contribution < -0.4 is 0 Å². The fraction of sp³-hybridized carbons (Fsp3) is 0.909. The second kappa shape index (κ2) is 3.46. The van der Waals surface area contributed by atoms with Gasteiger partial charge in [-0.2, -0.15) is 0 Å². The van der Waals surface area contributed by atoms with Crippen LogP contribution in [-0.4, -0.2) is 59.6 Å². The minimum Gasteiger partial charge on any atom is -0.381 e. The van der Waals surface area contributed by atoms with Crippen molar-refractivity contribution in [3.63, 3.8) is 0 Å². The van der Waals surface area contributed by atoms with Crippen molar-refractivity contribution in [2.24, 2.45) is 11.8 Å². The van der Waals surface area contributed by atoms with Crippen LogP contribution in [0.1, 0.15) is 13.8 Å². The largest absolute Gasteiger partial charge is 0.381 e. The molecule has 2 rings (SSSR count). The van der Waals surface area contributed by atoms with Gasteiger partial charge in [0.05, 0.1) is 0 Å². The molecule has 0 aromatic carbocycles. The molecule has 0 spiro atoms. The van der Waals surface area contributed by atoms with Gasteiger partial charge in [0, 0.05) is 26.2 Å². The molecule has 4 nitrogen and oxygen atoms in total. The van der Waals surface area contributed by atoms with Crippen molar-refractivity contribution in [3.05, 3.63) is 0 Å². The molecule has 2 fully saturated rings. The molecule has 2 saturated heterocycles. The van der Waals surface area contributed by atoms with Crippen molar-refractivity contribution in [3.8, 4) is 0 Å². The average Bonchev–Trinajstić information content (AvgIpc) is 2.57. The van der Waals surface area contributed by atoms with E-state index in [0.717, 1.165) is 26.2 Å². The molecule has 1 amide bonds. The Kier molecular flexibility index (Phi) is 2.51. The highest BCUT2D eigenvalue weighted by Crippen LogP contribution is 2.31. The van der Waals surface area contributed by atoms with Gasteiger partial charge in [-0.05, 0) is 32.7 Å².